The first-order valence-corrected chi connectivity index (χ1v) is 9.71. The van der Waals surface area contributed by atoms with E-state index in [0.717, 1.165) is 34.5 Å². The molecule has 143 valence electrons. The number of rotatable bonds is 0. The molecule has 2 heteroatoms. The van der Waals surface area contributed by atoms with Crippen molar-refractivity contribution in [1.82, 2.24) is 0 Å². The molecule has 0 saturated heterocycles. The highest BCUT2D eigenvalue weighted by Crippen LogP contribution is 2.66. The van der Waals surface area contributed by atoms with Gasteiger partial charge in [-0.1, -0.05) is 48.0 Å². The van der Waals surface area contributed by atoms with Crippen LogP contribution in [-0.2, 0) is 0 Å². The largest absolute Gasteiger partial charge is 0.333 e. The van der Waals surface area contributed by atoms with Gasteiger partial charge in [-0.15, -0.1) is 0 Å². The average molecular weight is 337 g/mol. The first-order valence-electron chi connectivity index (χ1n) is 9.71. The Balaban J connectivity index is 0. The maximum Gasteiger partial charge on any atom is 0 e. The summed E-state index contributed by atoms with van der Waals surface area (Å²) in [5, 5.41) is 0. The van der Waals surface area contributed by atoms with Crippen LogP contribution in [0.1, 0.15) is 101 Å². The van der Waals surface area contributed by atoms with Gasteiger partial charge in [0.1, 0.15) is 0 Å². The van der Waals surface area contributed by atoms with Gasteiger partial charge in [0, 0.05) is 9.84 Å². The van der Waals surface area contributed by atoms with E-state index in [1.165, 1.54) is 26.3 Å². The molecule has 4 fully saturated rings. The van der Waals surface area contributed by atoms with Crippen LogP contribution in [0.15, 0.2) is 0 Å². The molecule has 4 saturated carbocycles. The molecule has 6 atom stereocenters. The van der Waals surface area contributed by atoms with Crippen molar-refractivity contribution in [3.8, 4) is 0 Å². The van der Waals surface area contributed by atoms with Gasteiger partial charge in [-0.25, -0.2) is 0 Å². The Morgan fingerprint density at radius 3 is 2.17 bits per heavy atom. The zero-order chi connectivity index (χ0) is 15.1. The van der Waals surface area contributed by atoms with Crippen LogP contribution in [0.3, 0.4) is 0 Å². The maximum atomic E-state index is 4.50. The molecule has 0 aromatic rings. The van der Waals surface area contributed by atoms with E-state index in [9.17, 15) is 0 Å². The predicted molar refractivity (Wildman–Crippen MR) is 112 cm³/mol. The van der Waals surface area contributed by atoms with E-state index in [0.29, 0.717) is 0 Å². The topological polar surface area (TPSA) is 26.0 Å². The maximum absolute atomic E-state index is 4.50. The van der Waals surface area contributed by atoms with Crippen LogP contribution < -0.4 is 5.73 Å². The van der Waals surface area contributed by atoms with E-state index >= 15 is 0 Å². The van der Waals surface area contributed by atoms with Crippen LogP contribution in [-0.4, -0.2) is 15.5 Å². The van der Waals surface area contributed by atoms with Crippen LogP contribution in [0.2, 0.25) is 0 Å². The van der Waals surface area contributed by atoms with Gasteiger partial charge in [-0.05, 0) is 92.9 Å². The van der Waals surface area contributed by atoms with Crippen LogP contribution in [0.5, 0.6) is 0 Å². The lowest BCUT2D eigenvalue weighted by Crippen LogP contribution is -2.51. The van der Waals surface area contributed by atoms with E-state index < -0.39 is 0 Å². The molecule has 0 bridgehead atoms. The fourth-order valence-electron chi connectivity index (χ4n) is 7.29. The highest BCUT2D eigenvalue weighted by Gasteiger charge is 2.56. The van der Waals surface area contributed by atoms with Gasteiger partial charge in [0.15, 0.2) is 0 Å². The lowest BCUT2D eigenvalue weighted by atomic mass is 9.45. The zero-order valence-corrected chi connectivity index (χ0v) is 15.2. The Kier molecular flexibility index (Phi) is 9.11. The molecule has 0 spiro atoms. The molecule has 0 aliphatic heterocycles. The van der Waals surface area contributed by atoms with E-state index in [2.05, 4.69) is 19.6 Å². The second kappa shape index (κ2) is 9.10. The third kappa shape index (κ3) is 3.60. The van der Waals surface area contributed by atoms with Crippen LogP contribution in [0.25, 0.3) is 0 Å². The Hall–Kier alpha value is 0.0249. The molecule has 3 radical (unpaired) electrons. The van der Waals surface area contributed by atoms with E-state index in [4.69, 9.17) is 0 Å². The minimum atomic E-state index is 0. The van der Waals surface area contributed by atoms with Crippen molar-refractivity contribution in [2.45, 2.75) is 99.3 Å². The smallest absolute Gasteiger partial charge is 0 e. The van der Waals surface area contributed by atoms with Gasteiger partial charge in [-0.2, -0.15) is 0 Å². The van der Waals surface area contributed by atoms with Gasteiger partial charge in [0.25, 0.3) is 0 Å². The van der Waals surface area contributed by atoms with Crippen molar-refractivity contribution in [1.29, 1.82) is 0 Å². The monoisotopic (exact) mass is 337 g/mol. The zero-order valence-electron chi connectivity index (χ0n) is 15.2. The van der Waals surface area contributed by atoms with Crippen LogP contribution in [0.4, 0.5) is 0 Å². The second-order valence-corrected chi connectivity index (χ2v) is 8.99. The van der Waals surface area contributed by atoms with Gasteiger partial charge in [0.05, 0.1) is 0 Å². The Morgan fingerprint density at radius 2 is 1.46 bits per heavy atom. The van der Waals surface area contributed by atoms with Crippen molar-refractivity contribution in [2.75, 3.05) is 7.05 Å². The van der Waals surface area contributed by atoms with Crippen molar-refractivity contribution in [3.05, 3.63) is 0 Å². The number of hydrogen-bond donors (Lipinski definition) is 1. The third-order valence-electron chi connectivity index (χ3n) is 8.36. The fourth-order valence-corrected chi connectivity index (χ4v) is 7.29. The quantitative estimate of drug-likeness (QED) is 0.500. The summed E-state index contributed by atoms with van der Waals surface area (Å²) in [4.78, 5) is 0. The molecule has 0 aromatic heterocycles. The Bertz CT molecular complexity index is 377. The van der Waals surface area contributed by atoms with Gasteiger partial charge in [-0.3, -0.25) is 0 Å². The first kappa shape index (κ1) is 24.0. The lowest BCUT2D eigenvalue weighted by Gasteiger charge is -2.60. The second-order valence-electron chi connectivity index (χ2n) is 8.99. The van der Waals surface area contributed by atoms with E-state index in [-0.39, 0.29) is 24.7 Å². The third-order valence-corrected chi connectivity index (χ3v) is 8.36. The summed E-state index contributed by atoms with van der Waals surface area (Å²) in [6, 6.07) is 0. The molecule has 0 heterocycles. The van der Waals surface area contributed by atoms with Crippen LogP contribution in [0, 0.1) is 34.5 Å². The molecule has 4 rings (SSSR count). The van der Waals surface area contributed by atoms with Gasteiger partial charge in [0.2, 0.25) is 0 Å². The minimum Gasteiger partial charge on any atom is -0.333 e. The summed E-state index contributed by atoms with van der Waals surface area (Å²) in [7, 11) is 1.50. The molecule has 2 N–H and O–H groups in total. The molecular weight excluding hydrogens is 289 g/mol. The highest BCUT2D eigenvalue weighted by atomic mass is 14.6. The average Bonchev–Trinajstić information content (AvgIpc) is 2.90. The molecule has 0 amide bonds. The van der Waals surface area contributed by atoms with Crippen molar-refractivity contribution in [2.24, 2.45) is 40.2 Å². The summed E-state index contributed by atoms with van der Waals surface area (Å²) in [5.74, 6) is 4.41. The summed E-state index contributed by atoms with van der Waals surface area (Å²) < 4.78 is 0. The minimum absolute atomic E-state index is 0. The van der Waals surface area contributed by atoms with Crippen molar-refractivity contribution in [3.63, 3.8) is 0 Å². The van der Waals surface area contributed by atoms with E-state index in [1.807, 2.05) is 0 Å². The Labute approximate surface area is 157 Å². The van der Waals surface area contributed by atoms with E-state index in [1.54, 1.807) is 51.4 Å². The predicted octanol–water partition coefficient (Wildman–Crippen LogP) is 6.52. The number of hydrogen-bond acceptors (Lipinski definition) is 1. The first-order chi connectivity index (χ1) is 10.1. The lowest BCUT2D eigenvalue weighted by molar-refractivity contribution is -0.103. The van der Waals surface area contributed by atoms with Crippen molar-refractivity contribution < 1.29 is 1.43 Å². The summed E-state index contributed by atoms with van der Waals surface area (Å²) in [5.41, 5.74) is 5.99. The number of fused-ring (bicyclic) bond motifs is 5. The molecule has 3 unspecified atom stereocenters. The summed E-state index contributed by atoms with van der Waals surface area (Å²) in [6.07, 6.45) is 17.1. The molecule has 4 aliphatic carbocycles. The van der Waals surface area contributed by atoms with Gasteiger partial charge >= 0.3 is 0 Å². The van der Waals surface area contributed by atoms with Crippen LogP contribution >= 0.6 is 0 Å². The van der Waals surface area contributed by atoms with Gasteiger partial charge < -0.3 is 5.73 Å². The number of nitrogens with two attached hydrogens (primary N) is 1. The Morgan fingerprint density at radius 1 is 0.750 bits per heavy atom. The molecule has 0 aromatic carbocycles. The fraction of sp³-hybridized carbons (Fsp3) is 1.00. The normalized spacial score (nSPS) is 45.5. The standard InChI is InChI=1S/C19H32.CH5N.2CH4.B.H2/c1-18-11-5-7-16(18)15-9-8-14-6-3-4-12-19(14,2)17(15)10-13-18;1-2;;;;/h14-17H,3-13H2,1-2H3;2H2,1H3;2*1H4;;1H/t14-,15?,16?,17?,18+,19+;;;;;/m1...../s1/i;;;;;1+1. The molecule has 4 aliphatic rings. The SMILES string of the molecule is C.C.CN.C[C@@]12CCCC1C1CC[C@H]3CCCC[C@]3(C)C1CC2.[2HH].[B]. The summed E-state index contributed by atoms with van der Waals surface area (Å²) in [6.45, 7) is 5.33. The van der Waals surface area contributed by atoms with Crippen molar-refractivity contribution >= 4 is 8.41 Å². The molecular formula is C22H47BN. The molecule has 24 heavy (non-hydrogen) atoms. The molecule has 1 nitrogen and oxygen atoms in total. The highest BCUT2D eigenvalue weighted by molar-refractivity contribution is 5.75. The summed E-state index contributed by atoms with van der Waals surface area (Å²) >= 11 is 0.